The summed E-state index contributed by atoms with van der Waals surface area (Å²) in [6.45, 7) is 5.43. The van der Waals surface area contributed by atoms with Crippen LogP contribution >= 0.6 is 0 Å². The Hall–Kier alpha value is -2.68. The van der Waals surface area contributed by atoms with E-state index in [4.69, 9.17) is 5.26 Å². The minimum Gasteiger partial charge on any atom is -0.508 e. The van der Waals surface area contributed by atoms with Crippen molar-refractivity contribution in [1.29, 1.82) is 5.26 Å². The van der Waals surface area contributed by atoms with E-state index in [-0.39, 0.29) is 22.6 Å². The van der Waals surface area contributed by atoms with Crippen LogP contribution in [0.25, 0.3) is 0 Å². The molecule has 2 aromatic carbocycles. The molecule has 1 fully saturated rings. The maximum Gasteiger partial charge on any atom is 0.417 e. The van der Waals surface area contributed by atoms with Crippen molar-refractivity contribution in [1.82, 2.24) is 0 Å². The van der Waals surface area contributed by atoms with Crippen molar-refractivity contribution in [3.8, 4) is 11.8 Å². The summed E-state index contributed by atoms with van der Waals surface area (Å²) >= 11 is 0. The predicted molar refractivity (Wildman–Crippen MR) is 97.6 cm³/mol. The number of benzene rings is 2. The fourth-order valence-electron chi connectivity index (χ4n) is 3.96. The normalized spacial score (nSPS) is 19.6. The molecule has 0 bridgehead atoms. The fraction of sp³-hybridized carbons (Fsp3) is 0.381. The van der Waals surface area contributed by atoms with Gasteiger partial charge >= 0.3 is 6.18 Å². The number of nitriles is 1. The van der Waals surface area contributed by atoms with Crippen LogP contribution in [0.5, 0.6) is 5.75 Å². The summed E-state index contributed by atoms with van der Waals surface area (Å²) in [4.78, 5) is 1.95. The topological polar surface area (TPSA) is 47.3 Å². The number of anilines is 1. The largest absolute Gasteiger partial charge is 0.508 e. The van der Waals surface area contributed by atoms with E-state index >= 15 is 0 Å². The average molecular weight is 374 g/mol. The smallest absolute Gasteiger partial charge is 0.417 e. The standard InChI is InChI=1S/C21H21F3N2O/c1-20(2)13-26(10-9-18(20)14-4-7-17(27)8-5-14)16-6-3-15(12-25)19(11-16)21(22,23)24/h3-8,11,18,27H,9-10,13H2,1-2H3/t18-/m1/s1. The third-order valence-corrected chi connectivity index (χ3v) is 5.32. The zero-order valence-corrected chi connectivity index (χ0v) is 15.2. The van der Waals surface area contributed by atoms with E-state index in [9.17, 15) is 18.3 Å². The van der Waals surface area contributed by atoms with Gasteiger partial charge in [0.25, 0.3) is 0 Å². The van der Waals surface area contributed by atoms with Gasteiger partial charge in [-0.1, -0.05) is 26.0 Å². The van der Waals surface area contributed by atoms with Crippen molar-refractivity contribution >= 4 is 5.69 Å². The molecule has 0 amide bonds. The summed E-state index contributed by atoms with van der Waals surface area (Å²) in [5, 5.41) is 18.5. The van der Waals surface area contributed by atoms with Crippen molar-refractivity contribution in [3.05, 3.63) is 59.2 Å². The Morgan fingerprint density at radius 2 is 1.81 bits per heavy atom. The van der Waals surface area contributed by atoms with Crippen LogP contribution in [0.3, 0.4) is 0 Å². The minimum absolute atomic E-state index is 0.165. The molecule has 1 aliphatic rings. The van der Waals surface area contributed by atoms with Crippen LogP contribution in [-0.2, 0) is 6.18 Å². The highest BCUT2D eigenvalue weighted by Gasteiger charge is 2.38. The van der Waals surface area contributed by atoms with Gasteiger partial charge in [0.15, 0.2) is 0 Å². The van der Waals surface area contributed by atoms with E-state index in [1.54, 1.807) is 24.3 Å². The first kappa shape index (κ1) is 19.1. The van der Waals surface area contributed by atoms with E-state index in [0.717, 1.165) is 18.1 Å². The molecule has 3 rings (SSSR count). The molecule has 0 saturated carbocycles. The van der Waals surface area contributed by atoms with Crippen LogP contribution in [0.1, 0.15) is 42.9 Å². The first-order valence-corrected chi connectivity index (χ1v) is 8.77. The number of rotatable bonds is 2. The molecule has 0 radical (unpaired) electrons. The number of halogens is 3. The molecule has 0 unspecified atom stereocenters. The van der Waals surface area contributed by atoms with E-state index in [2.05, 4.69) is 13.8 Å². The number of hydrogen-bond acceptors (Lipinski definition) is 3. The summed E-state index contributed by atoms with van der Waals surface area (Å²) in [5.74, 6) is 0.459. The molecule has 1 saturated heterocycles. The lowest BCUT2D eigenvalue weighted by atomic mass is 9.70. The summed E-state index contributed by atoms with van der Waals surface area (Å²) in [5.41, 5.74) is 0.193. The van der Waals surface area contributed by atoms with Gasteiger partial charge in [0.1, 0.15) is 5.75 Å². The van der Waals surface area contributed by atoms with Gasteiger partial charge in [0.05, 0.1) is 17.2 Å². The first-order chi connectivity index (χ1) is 12.6. The van der Waals surface area contributed by atoms with E-state index in [0.29, 0.717) is 18.8 Å². The van der Waals surface area contributed by atoms with Crippen molar-refractivity contribution in [2.75, 3.05) is 18.0 Å². The Bertz CT molecular complexity index is 866. The highest BCUT2D eigenvalue weighted by atomic mass is 19.4. The maximum absolute atomic E-state index is 13.3. The molecule has 142 valence electrons. The Balaban J connectivity index is 1.87. The van der Waals surface area contributed by atoms with Crippen LogP contribution < -0.4 is 4.90 Å². The summed E-state index contributed by atoms with van der Waals surface area (Å²) in [7, 11) is 0. The van der Waals surface area contributed by atoms with Crippen molar-refractivity contribution in [2.45, 2.75) is 32.4 Å². The summed E-state index contributed by atoms with van der Waals surface area (Å²) in [6, 6.07) is 12.7. The lowest BCUT2D eigenvalue weighted by molar-refractivity contribution is -0.137. The maximum atomic E-state index is 13.3. The average Bonchev–Trinajstić information content (AvgIpc) is 2.60. The summed E-state index contributed by atoms with van der Waals surface area (Å²) < 4.78 is 39.8. The second-order valence-corrected chi connectivity index (χ2v) is 7.68. The molecule has 0 spiro atoms. The van der Waals surface area contributed by atoms with Gasteiger partial charge < -0.3 is 10.0 Å². The van der Waals surface area contributed by atoms with Crippen LogP contribution in [0, 0.1) is 16.7 Å². The Labute approximate surface area is 156 Å². The van der Waals surface area contributed by atoms with Gasteiger partial charge in [-0.25, -0.2) is 0 Å². The molecule has 0 aliphatic carbocycles. The minimum atomic E-state index is -4.55. The molecular weight excluding hydrogens is 353 g/mol. The van der Waals surface area contributed by atoms with Crippen LogP contribution in [0.15, 0.2) is 42.5 Å². The van der Waals surface area contributed by atoms with Crippen molar-refractivity contribution < 1.29 is 18.3 Å². The van der Waals surface area contributed by atoms with Gasteiger partial charge in [0, 0.05) is 18.8 Å². The van der Waals surface area contributed by atoms with Gasteiger partial charge in [-0.15, -0.1) is 0 Å². The SMILES string of the molecule is CC1(C)CN(c2ccc(C#N)c(C(F)(F)F)c2)CC[C@@H]1c1ccc(O)cc1. The molecule has 3 nitrogen and oxygen atoms in total. The predicted octanol–water partition coefficient (Wildman–Crippen LogP) is 5.30. The lowest BCUT2D eigenvalue weighted by Gasteiger charge is -2.45. The van der Waals surface area contributed by atoms with Crippen molar-refractivity contribution in [2.24, 2.45) is 5.41 Å². The summed E-state index contributed by atoms with van der Waals surface area (Å²) in [6.07, 6.45) is -3.76. The Morgan fingerprint density at radius 1 is 1.15 bits per heavy atom. The van der Waals surface area contributed by atoms with Gasteiger partial charge in [-0.05, 0) is 53.6 Å². The monoisotopic (exact) mass is 374 g/mol. The Morgan fingerprint density at radius 3 is 2.37 bits per heavy atom. The molecule has 6 heteroatoms. The van der Waals surface area contributed by atoms with Crippen LogP contribution in [-0.4, -0.2) is 18.2 Å². The zero-order valence-electron chi connectivity index (χ0n) is 15.2. The van der Waals surface area contributed by atoms with Gasteiger partial charge in [0.2, 0.25) is 0 Å². The number of alkyl halides is 3. The molecule has 1 heterocycles. The second kappa shape index (κ2) is 6.80. The van der Waals surface area contributed by atoms with Crippen LogP contribution in [0.2, 0.25) is 0 Å². The van der Waals surface area contributed by atoms with Crippen LogP contribution in [0.4, 0.5) is 18.9 Å². The highest BCUT2D eigenvalue weighted by Crippen LogP contribution is 2.44. The number of hydrogen-bond donors (Lipinski definition) is 1. The Kier molecular flexibility index (Phi) is 4.81. The molecule has 1 aliphatic heterocycles. The molecule has 27 heavy (non-hydrogen) atoms. The molecule has 1 N–H and O–H groups in total. The number of aromatic hydroxyl groups is 1. The molecule has 1 atom stereocenters. The van der Waals surface area contributed by atoms with Crippen molar-refractivity contribution in [3.63, 3.8) is 0 Å². The van der Waals surface area contributed by atoms with E-state index in [1.165, 1.54) is 6.07 Å². The molecule has 2 aromatic rings. The first-order valence-electron chi connectivity index (χ1n) is 8.77. The number of phenolic OH excluding ortho intramolecular Hbond substituents is 1. The van der Waals surface area contributed by atoms with Gasteiger partial charge in [-0.3, -0.25) is 0 Å². The van der Waals surface area contributed by atoms with E-state index < -0.39 is 11.7 Å². The number of phenols is 1. The lowest BCUT2D eigenvalue weighted by Crippen LogP contribution is -2.44. The number of nitrogens with zero attached hydrogens (tertiary/aromatic N) is 2. The fourth-order valence-corrected chi connectivity index (χ4v) is 3.96. The number of piperidine rings is 1. The molecule has 0 aromatic heterocycles. The third-order valence-electron chi connectivity index (χ3n) is 5.32. The highest BCUT2D eigenvalue weighted by molar-refractivity contribution is 5.55. The quantitative estimate of drug-likeness (QED) is 0.776. The van der Waals surface area contributed by atoms with Gasteiger partial charge in [-0.2, -0.15) is 18.4 Å². The van der Waals surface area contributed by atoms with E-state index in [1.807, 2.05) is 17.0 Å². The zero-order chi connectivity index (χ0) is 19.8. The second-order valence-electron chi connectivity index (χ2n) is 7.68. The third kappa shape index (κ3) is 3.87. The molecular formula is C21H21F3N2O.